The Morgan fingerprint density at radius 3 is 3.00 bits per heavy atom. The summed E-state index contributed by atoms with van der Waals surface area (Å²) in [6.45, 7) is 4.06. The van der Waals surface area contributed by atoms with E-state index in [1.165, 1.54) is 0 Å². The van der Waals surface area contributed by atoms with Gasteiger partial charge in [-0.3, -0.25) is 4.79 Å². The predicted octanol–water partition coefficient (Wildman–Crippen LogP) is 1.53. The number of hydrogen-bond acceptors (Lipinski definition) is 4. The van der Waals surface area contributed by atoms with Gasteiger partial charge < -0.3 is 14.8 Å². The number of nitrogens with one attached hydrogen (secondary N) is 1. The van der Waals surface area contributed by atoms with Crippen molar-refractivity contribution in [1.29, 1.82) is 0 Å². The lowest BCUT2D eigenvalue weighted by Crippen LogP contribution is -2.36. The molecule has 1 heterocycles. The molecule has 0 bridgehead atoms. The second-order valence-electron chi connectivity index (χ2n) is 5.11. The summed E-state index contributed by atoms with van der Waals surface area (Å²) in [6.07, 6.45) is 4.61. The molecule has 1 aliphatic heterocycles. The van der Waals surface area contributed by atoms with E-state index in [0.717, 1.165) is 24.8 Å². The van der Waals surface area contributed by atoms with Crippen molar-refractivity contribution < 1.29 is 19.1 Å². The lowest BCUT2D eigenvalue weighted by Gasteiger charge is -2.34. The molecular weight excluding hydrogens is 246 g/mol. The first-order valence-electron chi connectivity index (χ1n) is 6.93. The van der Waals surface area contributed by atoms with Gasteiger partial charge in [0.2, 0.25) is 6.41 Å². The Morgan fingerprint density at radius 1 is 1.53 bits per heavy atom. The summed E-state index contributed by atoms with van der Waals surface area (Å²) in [5.41, 5.74) is 1.32. The summed E-state index contributed by atoms with van der Waals surface area (Å²) < 4.78 is 10.9. The van der Waals surface area contributed by atoms with Crippen molar-refractivity contribution in [3.8, 4) is 0 Å². The fourth-order valence-corrected chi connectivity index (χ4v) is 3.13. The Bertz CT molecular complexity index is 391. The van der Waals surface area contributed by atoms with Crippen molar-refractivity contribution >= 4 is 12.4 Å². The number of esters is 1. The standard InChI is InChI=1S/C14H21NO4/c1-3-18-14(17)13(15-8-16)11-7-9(2)19-12-6-4-5-10(11)12/h8-10,12H,3-7H2,1-2H3,(H,15,16)/b13-11+/t9-,10+,12+/m1/s1. The summed E-state index contributed by atoms with van der Waals surface area (Å²) >= 11 is 0. The smallest absolute Gasteiger partial charge is 0.354 e. The van der Waals surface area contributed by atoms with Gasteiger partial charge in [-0.25, -0.2) is 4.79 Å². The van der Waals surface area contributed by atoms with Crippen LogP contribution in [0.25, 0.3) is 0 Å². The zero-order valence-corrected chi connectivity index (χ0v) is 11.5. The first-order valence-corrected chi connectivity index (χ1v) is 6.93. The molecule has 1 N–H and O–H groups in total. The molecule has 19 heavy (non-hydrogen) atoms. The maximum Gasteiger partial charge on any atom is 0.354 e. The van der Waals surface area contributed by atoms with Crippen LogP contribution in [0.15, 0.2) is 11.3 Å². The SMILES string of the molecule is CCOC(=O)/C(NC=O)=C1/C[C@@H](C)O[C@H]2CCC[C@@H]12. The van der Waals surface area contributed by atoms with E-state index in [1.54, 1.807) is 6.92 Å². The molecule has 0 aromatic carbocycles. The molecule has 1 saturated carbocycles. The summed E-state index contributed by atoms with van der Waals surface area (Å²) in [4.78, 5) is 22.7. The third kappa shape index (κ3) is 2.97. The quantitative estimate of drug-likeness (QED) is 0.476. The van der Waals surface area contributed by atoms with Gasteiger partial charge in [0.15, 0.2) is 0 Å². The second kappa shape index (κ2) is 6.19. The van der Waals surface area contributed by atoms with Crippen LogP contribution in [0, 0.1) is 5.92 Å². The van der Waals surface area contributed by atoms with Gasteiger partial charge >= 0.3 is 5.97 Å². The third-order valence-electron chi connectivity index (χ3n) is 3.82. The molecule has 1 saturated heterocycles. The Balaban J connectivity index is 2.31. The molecule has 5 nitrogen and oxygen atoms in total. The Hall–Kier alpha value is -1.36. The van der Waals surface area contributed by atoms with E-state index in [0.29, 0.717) is 25.1 Å². The summed E-state index contributed by atoms with van der Waals surface area (Å²) in [5, 5.41) is 2.54. The van der Waals surface area contributed by atoms with Gasteiger partial charge in [-0.15, -0.1) is 0 Å². The molecule has 106 valence electrons. The number of amides is 1. The van der Waals surface area contributed by atoms with Crippen LogP contribution in [0.3, 0.4) is 0 Å². The fraction of sp³-hybridized carbons (Fsp3) is 0.714. The molecule has 0 spiro atoms. The fourth-order valence-electron chi connectivity index (χ4n) is 3.13. The van der Waals surface area contributed by atoms with Crippen LogP contribution in [-0.4, -0.2) is 31.2 Å². The second-order valence-corrected chi connectivity index (χ2v) is 5.11. The highest BCUT2D eigenvalue weighted by Gasteiger charge is 2.39. The van der Waals surface area contributed by atoms with Crippen molar-refractivity contribution in [2.75, 3.05) is 6.61 Å². The van der Waals surface area contributed by atoms with Gasteiger partial charge in [0, 0.05) is 5.92 Å². The van der Waals surface area contributed by atoms with Crippen LogP contribution in [-0.2, 0) is 19.1 Å². The van der Waals surface area contributed by atoms with Crippen LogP contribution < -0.4 is 5.32 Å². The van der Waals surface area contributed by atoms with Crippen LogP contribution in [0.1, 0.15) is 39.5 Å². The molecule has 2 rings (SSSR count). The molecule has 0 aromatic rings. The molecular formula is C14H21NO4. The van der Waals surface area contributed by atoms with E-state index in [2.05, 4.69) is 5.32 Å². The number of rotatable bonds is 4. The van der Waals surface area contributed by atoms with Crippen LogP contribution in [0.2, 0.25) is 0 Å². The molecule has 2 fully saturated rings. The predicted molar refractivity (Wildman–Crippen MR) is 69.2 cm³/mol. The van der Waals surface area contributed by atoms with Crippen molar-refractivity contribution in [3.63, 3.8) is 0 Å². The molecule has 0 aromatic heterocycles. The van der Waals surface area contributed by atoms with Crippen LogP contribution in [0.5, 0.6) is 0 Å². The van der Waals surface area contributed by atoms with E-state index in [-0.39, 0.29) is 18.1 Å². The summed E-state index contributed by atoms with van der Waals surface area (Å²) in [6, 6.07) is 0. The Morgan fingerprint density at radius 2 is 2.32 bits per heavy atom. The van der Waals surface area contributed by atoms with Crippen molar-refractivity contribution in [2.24, 2.45) is 5.92 Å². The highest BCUT2D eigenvalue weighted by atomic mass is 16.5. The highest BCUT2D eigenvalue weighted by molar-refractivity contribution is 5.91. The normalized spacial score (nSPS) is 32.4. The average Bonchev–Trinajstić information content (AvgIpc) is 2.83. The topological polar surface area (TPSA) is 64.6 Å². The lowest BCUT2D eigenvalue weighted by molar-refractivity contribution is -0.139. The Kier molecular flexibility index (Phi) is 4.58. The van der Waals surface area contributed by atoms with Crippen molar-refractivity contribution in [2.45, 2.75) is 51.7 Å². The minimum absolute atomic E-state index is 0.0761. The monoisotopic (exact) mass is 267 g/mol. The van der Waals surface area contributed by atoms with E-state index in [4.69, 9.17) is 9.47 Å². The molecule has 2 aliphatic rings. The van der Waals surface area contributed by atoms with E-state index in [9.17, 15) is 9.59 Å². The average molecular weight is 267 g/mol. The minimum atomic E-state index is -0.440. The van der Waals surface area contributed by atoms with Gasteiger partial charge in [-0.1, -0.05) is 6.42 Å². The minimum Gasteiger partial charge on any atom is -0.461 e. The number of carbonyl (C=O) groups is 2. The van der Waals surface area contributed by atoms with Gasteiger partial charge in [-0.2, -0.15) is 0 Å². The maximum absolute atomic E-state index is 12.0. The lowest BCUT2D eigenvalue weighted by atomic mass is 9.86. The number of ether oxygens (including phenoxy) is 2. The third-order valence-corrected chi connectivity index (χ3v) is 3.82. The number of hydrogen-bond donors (Lipinski definition) is 1. The van der Waals surface area contributed by atoms with E-state index in [1.807, 2.05) is 6.92 Å². The van der Waals surface area contributed by atoms with Crippen LogP contribution >= 0.6 is 0 Å². The van der Waals surface area contributed by atoms with Crippen LogP contribution in [0.4, 0.5) is 0 Å². The zero-order chi connectivity index (χ0) is 13.8. The van der Waals surface area contributed by atoms with Gasteiger partial charge in [-0.05, 0) is 38.7 Å². The molecule has 1 aliphatic carbocycles. The van der Waals surface area contributed by atoms with Gasteiger partial charge in [0.1, 0.15) is 5.70 Å². The van der Waals surface area contributed by atoms with Gasteiger partial charge in [0.25, 0.3) is 0 Å². The molecule has 0 unspecified atom stereocenters. The number of carbonyl (C=O) groups excluding carboxylic acids is 2. The highest BCUT2D eigenvalue weighted by Crippen LogP contribution is 2.41. The molecule has 0 radical (unpaired) electrons. The van der Waals surface area contributed by atoms with E-state index < -0.39 is 5.97 Å². The van der Waals surface area contributed by atoms with Crippen molar-refractivity contribution in [1.82, 2.24) is 5.32 Å². The first kappa shape index (κ1) is 14.1. The molecule has 3 atom stereocenters. The first-order chi connectivity index (χ1) is 9.17. The molecule has 1 amide bonds. The largest absolute Gasteiger partial charge is 0.461 e. The van der Waals surface area contributed by atoms with Crippen molar-refractivity contribution in [3.05, 3.63) is 11.3 Å². The summed E-state index contributed by atoms with van der Waals surface area (Å²) in [5.74, 6) is -0.201. The summed E-state index contributed by atoms with van der Waals surface area (Å²) in [7, 11) is 0. The molecule has 5 heteroatoms. The van der Waals surface area contributed by atoms with E-state index >= 15 is 0 Å². The Labute approximate surface area is 113 Å². The maximum atomic E-state index is 12.0. The number of fused-ring (bicyclic) bond motifs is 1. The zero-order valence-electron chi connectivity index (χ0n) is 11.5. The van der Waals surface area contributed by atoms with Gasteiger partial charge in [0.05, 0.1) is 18.8 Å².